The van der Waals surface area contributed by atoms with Crippen molar-refractivity contribution in [3.05, 3.63) is 58.5 Å². The van der Waals surface area contributed by atoms with E-state index in [2.05, 4.69) is 16.4 Å². The van der Waals surface area contributed by atoms with Crippen LogP contribution in [0.1, 0.15) is 11.3 Å². The third kappa shape index (κ3) is 2.70. The largest absolute Gasteiger partial charge is 0.468 e. The van der Waals surface area contributed by atoms with E-state index in [0.717, 1.165) is 16.3 Å². The zero-order chi connectivity index (χ0) is 13.9. The number of nitrogens with one attached hydrogen (secondary N) is 1. The molecule has 1 aliphatic rings. The van der Waals surface area contributed by atoms with Crippen molar-refractivity contribution in [3.63, 3.8) is 0 Å². The maximum atomic E-state index is 12.0. The molecule has 1 unspecified atom stereocenters. The predicted octanol–water partition coefficient (Wildman–Crippen LogP) is 0.934. The fraction of sp³-hybridized carbons (Fsp3) is 0.250. The van der Waals surface area contributed by atoms with Crippen molar-refractivity contribution >= 4 is 12.0 Å². The van der Waals surface area contributed by atoms with Crippen molar-refractivity contribution < 1.29 is 9.21 Å². The van der Waals surface area contributed by atoms with Gasteiger partial charge in [0.15, 0.2) is 0 Å². The molecule has 4 heteroatoms. The van der Waals surface area contributed by atoms with E-state index in [1.165, 1.54) is 5.56 Å². The molecule has 1 aromatic heterocycles. The van der Waals surface area contributed by atoms with Crippen LogP contribution in [0.15, 0.2) is 46.0 Å². The molecule has 1 aliphatic heterocycles. The lowest BCUT2D eigenvalue weighted by Gasteiger charge is -2.12. The Balaban J connectivity index is 1.73. The zero-order valence-corrected chi connectivity index (χ0v) is 11.3. The molecule has 0 saturated heterocycles. The number of fused-ring (bicyclic) bond motifs is 1. The van der Waals surface area contributed by atoms with Crippen LogP contribution in [0.25, 0.3) is 6.08 Å². The van der Waals surface area contributed by atoms with Crippen LogP contribution in [0.5, 0.6) is 0 Å². The van der Waals surface area contributed by atoms with E-state index in [1.54, 1.807) is 6.26 Å². The summed E-state index contributed by atoms with van der Waals surface area (Å²) in [5.41, 5.74) is 1.17. The average Bonchev–Trinajstić information content (AvgIpc) is 2.93. The summed E-state index contributed by atoms with van der Waals surface area (Å²) >= 11 is 0. The Kier molecular flexibility index (Phi) is 3.48. The molecule has 20 heavy (non-hydrogen) atoms. The minimum Gasteiger partial charge on any atom is -0.468 e. The molecule has 0 spiro atoms. The smallest absolute Gasteiger partial charge is 0.254 e. The van der Waals surface area contributed by atoms with Crippen LogP contribution in [-0.4, -0.2) is 12.5 Å². The summed E-state index contributed by atoms with van der Waals surface area (Å²) in [6.07, 6.45) is 3.63. The quantitative estimate of drug-likeness (QED) is 0.897. The number of hydrogen-bond donors (Lipinski definition) is 1. The molecule has 102 valence electrons. The summed E-state index contributed by atoms with van der Waals surface area (Å²) < 4.78 is 5.24. The van der Waals surface area contributed by atoms with Gasteiger partial charge in [0.1, 0.15) is 5.76 Å². The Labute approximate surface area is 116 Å². The van der Waals surface area contributed by atoms with Crippen LogP contribution in [0.3, 0.4) is 0 Å². The summed E-state index contributed by atoms with van der Waals surface area (Å²) in [6.45, 7) is 3.22. The van der Waals surface area contributed by atoms with E-state index in [9.17, 15) is 4.79 Å². The summed E-state index contributed by atoms with van der Waals surface area (Å²) in [5, 5.41) is 5.03. The Morgan fingerprint density at radius 2 is 2.25 bits per heavy atom. The molecule has 0 aliphatic carbocycles. The number of amides is 1. The highest BCUT2D eigenvalue weighted by molar-refractivity contribution is 5.86. The van der Waals surface area contributed by atoms with Crippen molar-refractivity contribution in [3.8, 4) is 0 Å². The Bertz CT molecular complexity index is 732. The van der Waals surface area contributed by atoms with Crippen molar-refractivity contribution in [2.75, 3.05) is 6.54 Å². The number of rotatable bonds is 4. The van der Waals surface area contributed by atoms with Crippen molar-refractivity contribution in [2.24, 2.45) is 10.9 Å². The van der Waals surface area contributed by atoms with E-state index < -0.39 is 0 Å². The molecule has 1 atom stereocenters. The first-order chi connectivity index (χ1) is 9.72. The van der Waals surface area contributed by atoms with E-state index in [4.69, 9.17) is 4.42 Å². The molecule has 3 rings (SSSR count). The first-order valence-electron chi connectivity index (χ1n) is 6.66. The topological polar surface area (TPSA) is 54.6 Å². The number of carbonyl (C=O) groups is 1. The summed E-state index contributed by atoms with van der Waals surface area (Å²) in [6, 6.07) is 9.68. The van der Waals surface area contributed by atoms with Crippen LogP contribution in [0.2, 0.25) is 0 Å². The van der Waals surface area contributed by atoms with Gasteiger partial charge in [-0.15, -0.1) is 0 Å². The van der Waals surface area contributed by atoms with Gasteiger partial charge in [0, 0.05) is 6.54 Å². The van der Waals surface area contributed by atoms with Gasteiger partial charge < -0.3 is 9.73 Å². The number of nitrogens with zero attached hydrogens (tertiary/aromatic N) is 1. The van der Waals surface area contributed by atoms with E-state index in [0.29, 0.717) is 13.1 Å². The monoisotopic (exact) mass is 268 g/mol. The summed E-state index contributed by atoms with van der Waals surface area (Å²) in [7, 11) is 0. The highest BCUT2D eigenvalue weighted by Crippen LogP contribution is 2.05. The lowest BCUT2D eigenvalue weighted by molar-refractivity contribution is -0.120. The number of carbonyl (C=O) groups excluding carboxylic acids is 1. The van der Waals surface area contributed by atoms with E-state index in [-0.39, 0.29) is 11.8 Å². The van der Waals surface area contributed by atoms with Crippen LogP contribution in [-0.2, 0) is 11.3 Å². The van der Waals surface area contributed by atoms with Crippen molar-refractivity contribution in [1.29, 1.82) is 0 Å². The normalized spacial score (nSPS) is 17.2. The Morgan fingerprint density at radius 3 is 3.05 bits per heavy atom. The van der Waals surface area contributed by atoms with Gasteiger partial charge in [-0.05, 0) is 30.3 Å². The number of hydrogen-bond acceptors (Lipinski definition) is 3. The second kappa shape index (κ2) is 5.43. The molecule has 0 bridgehead atoms. The molecule has 0 radical (unpaired) electrons. The fourth-order valence-corrected chi connectivity index (χ4v) is 2.31. The standard InChI is InChI=1S/C16H16N2O2/c1-11-4-5-15-12(7-11)8-13(16(19)18-15)9-17-10-14-3-2-6-20-14/h2-8,13,17H,9-10H2,1H3. The molecule has 1 amide bonds. The molecule has 0 fully saturated rings. The minimum atomic E-state index is -0.209. The maximum Gasteiger partial charge on any atom is 0.254 e. The fourth-order valence-electron chi connectivity index (χ4n) is 2.31. The van der Waals surface area contributed by atoms with Crippen LogP contribution in [0, 0.1) is 12.8 Å². The highest BCUT2D eigenvalue weighted by atomic mass is 16.3. The third-order valence-electron chi connectivity index (χ3n) is 3.36. The number of benzene rings is 1. The maximum absolute atomic E-state index is 12.0. The molecular weight excluding hydrogens is 252 g/mol. The minimum absolute atomic E-state index is 0.0895. The Hall–Kier alpha value is -2.20. The highest BCUT2D eigenvalue weighted by Gasteiger charge is 2.17. The van der Waals surface area contributed by atoms with E-state index in [1.807, 2.05) is 37.3 Å². The van der Waals surface area contributed by atoms with Crippen LogP contribution in [0.4, 0.5) is 0 Å². The Morgan fingerprint density at radius 1 is 1.35 bits per heavy atom. The van der Waals surface area contributed by atoms with E-state index >= 15 is 0 Å². The number of aryl methyl sites for hydroxylation is 1. The first kappa shape index (κ1) is 12.8. The molecule has 1 aromatic carbocycles. The van der Waals surface area contributed by atoms with Gasteiger partial charge in [0.25, 0.3) is 5.91 Å². The zero-order valence-electron chi connectivity index (χ0n) is 11.3. The second-order valence-electron chi connectivity index (χ2n) is 5.00. The first-order valence-corrected chi connectivity index (χ1v) is 6.66. The third-order valence-corrected chi connectivity index (χ3v) is 3.36. The van der Waals surface area contributed by atoms with Gasteiger partial charge in [0.05, 0.1) is 24.1 Å². The van der Waals surface area contributed by atoms with Gasteiger partial charge >= 0.3 is 0 Å². The lowest BCUT2D eigenvalue weighted by Crippen LogP contribution is -2.37. The molecule has 2 aromatic rings. The van der Waals surface area contributed by atoms with Gasteiger partial charge in [0.2, 0.25) is 0 Å². The SMILES string of the molecule is Cc1ccc2c(c1)=CC(CNCc1ccco1)C(=O)N=2. The lowest BCUT2D eigenvalue weighted by atomic mass is 10.0. The van der Waals surface area contributed by atoms with Crippen LogP contribution < -0.4 is 15.9 Å². The second-order valence-corrected chi connectivity index (χ2v) is 5.00. The van der Waals surface area contributed by atoms with Gasteiger partial charge in [-0.1, -0.05) is 23.8 Å². The molecular formula is C16H16N2O2. The molecule has 1 N–H and O–H groups in total. The van der Waals surface area contributed by atoms with Gasteiger partial charge in [-0.25, -0.2) is 4.99 Å². The molecule has 4 nitrogen and oxygen atoms in total. The summed E-state index contributed by atoms with van der Waals surface area (Å²) in [4.78, 5) is 16.1. The summed E-state index contributed by atoms with van der Waals surface area (Å²) in [5.74, 6) is 0.564. The van der Waals surface area contributed by atoms with Gasteiger partial charge in [-0.2, -0.15) is 0 Å². The molecule has 0 saturated carbocycles. The average molecular weight is 268 g/mol. The number of furan rings is 1. The van der Waals surface area contributed by atoms with Crippen LogP contribution >= 0.6 is 0 Å². The molecule has 2 heterocycles. The van der Waals surface area contributed by atoms with Crippen molar-refractivity contribution in [2.45, 2.75) is 13.5 Å². The predicted molar refractivity (Wildman–Crippen MR) is 75.3 cm³/mol. The van der Waals surface area contributed by atoms with Crippen molar-refractivity contribution in [1.82, 2.24) is 5.32 Å². The van der Waals surface area contributed by atoms with Gasteiger partial charge in [-0.3, -0.25) is 4.79 Å².